The van der Waals surface area contributed by atoms with E-state index in [-0.39, 0.29) is 11.8 Å². The van der Waals surface area contributed by atoms with E-state index in [1.54, 1.807) is 6.07 Å². The van der Waals surface area contributed by atoms with E-state index in [4.69, 9.17) is 27.9 Å². The number of carbonyl (C=O) groups is 1. The summed E-state index contributed by atoms with van der Waals surface area (Å²) in [6.07, 6.45) is 3.58. The molecular formula is C21H30Cl2N4O2. The quantitative estimate of drug-likeness (QED) is 0.434. The molecule has 8 heteroatoms. The number of aryl methyl sites for hydroxylation is 1. The van der Waals surface area contributed by atoms with Crippen molar-refractivity contribution in [1.82, 2.24) is 15.1 Å². The van der Waals surface area contributed by atoms with E-state index in [0.29, 0.717) is 23.3 Å². The fourth-order valence-corrected chi connectivity index (χ4v) is 4.42. The first-order valence-electron chi connectivity index (χ1n) is 10.3. The lowest BCUT2D eigenvalue weighted by Gasteiger charge is -2.36. The second kappa shape index (κ2) is 11.0. The van der Waals surface area contributed by atoms with Crippen molar-refractivity contribution in [2.45, 2.75) is 25.7 Å². The van der Waals surface area contributed by atoms with E-state index < -0.39 is 0 Å². The van der Waals surface area contributed by atoms with E-state index in [9.17, 15) is 4.79 Å². The lowest BCUT2D eigenvalue weighted by molar-refractivity contribution is -0.140. The van der Waals surface area contributed by atoms with Gasteiger partial charge < -0.3 is 19.9 Å². The second-order valence-electron chi connectivity index (χ2n) is 7.51. The Morgan fingerprint density at radius 2 is 1.90 bits per heavy atom. The van der Waals surface area contributed by atoms with Crippen molar-refractivity contribution in [1.29, 1.82) is 0 Å². The Balaban J connectivity index is 1.40. The zero-order chi connectivity index (χ0) is 20.6. The minimum Gasteiger partial charge on any atom is -0.378 e. The first kappa shape index (κ1) is 22.2. The molecule has 0 spiro atoms. The molecule has 0 aliphatic carbocycles. The number of likely N-dealkylation sites (tertiary alicyclic amines) is 1. The highest BCUT2D eigenvalue weighted by molar-refractivity contribution is 6.35. The number of halogens is 2. The van der Waals surface area contributed by atoms with Gasteiger partial charge in [-0.15, -0.1) is 0 Å². The van der Waals surface area contributed by atoms with Crippen molar-refractivity contribution in [3.8, 4) is 0 Å². The molecule has 1 aromatic carbocycles. The van der Waals surface area contributed by atoms with E-state index in [0.717, 1.165) is 69.9 Å². The van der Waals surface area contributed by atoms with Crippen LogP contribution in [0.5, 0.6) is 0 Å². The van der Waals surface area contributed by atoms with Gasteiger partial charge in [0, 0.05) is 55.7 Å². The number of guanidine groups is 1. The summed E-state index contributed by atoms with van der Waals surface area (Å²) in [6, 6.07) is 5.64. The van der Waals surface area contributed by atoms with Crippen LogP contribution in [-0.4, -0.2) is 74.7 Å². The van der Waals surface area contributed by atoms with Gasteiger partial charge in [0.05, 0.1) is 13.2 Å². The molecule has 2 aliphatic heterocycles. The monoisotopic (exact) mass is 440 g/mol. The molecule has 1 amide bonds. The Labute approximate surface area is 183 Å². The fourth-order valence-electron chi connectivity index (χ4n) is 3.92. The van der Waals surface area contributed by atoms with Crippen LogP contribution in [0.1, 0.15) is 24.8 Å². The molecule has 0 bridgehead atoms. The molecule has 0 unspecified atom stereocenters. The molecule has 0 aromatic heterocycles. The number of rotatable bonds is 5. The lowest BCUT2D eigenvalue weighted by atomic mass is 9.95. The van der Waals surface area contributed by atoms with Gasteiger partial charge in [0.2, 0.25) is 5.91 Å². The summed E-state index contributed by atoms with van der Waals surface area (Å²) in [5.41, 5.74) is 1.11. The van der Waals surface area contributed by atoms with Gasteiger partial charge >= 0.3 is 0 Å². The molecule has 2 saturated heterocycles. The third-order valence-electron chi connectivity index (χ3n) is 5.60. The molecule has 0 radical (unpaired) electrons. The topological polar surface area (TPSA) is 57.2 Å². The van der Waals surface area contributed by atoms with Gasteiger partial charge in [-0.05, 0) is 43.4 Å². The van der Waals surface area contributed by atoms with Gasteiger partial charge in [-0.2, -0.15) is 0 Å². The third kappa shape index (κ3) is 6.24. The molecule has 2 fully saturated rings. The van der Waals surface area contributed by atoms with E-state index >= 15 is 0 Å². The van der Waals surface area contributed by atoms with Crippen LogP contribution in [0.25, 0.3) is 0 Å². The number of carbonyl (C=O) groups excluding carboxylic acids is 1. The maximum Gasteiger partial charge on any atom is 0.225 e. The third-order valence-corrected chi connectivity index (χ3v) is 6.19. The van der Waals surface area contributed by atoms with Crippen LogP contribution in [0.3, 0.4) is 0 Å². The molecular weight excluding hydrogens is 411 g/mol. The summed E-state index contributed by atoms with van der Waals surface area (Å²) in [7, 11) is 1.81. The Morgan fingerprint density at radius 1 is 1.17 bits per heavy atom. The maximum atomic E-state index is 12.7. The van der Waals surface area contributed by atoms with Crippen LogP contribution in [0, 0.1) is 5.92 Å². The van der Waals surface area contributed by atoms with Gasteiger partial charge in [0.1, 0.15) is 0 Å². The minimum absolute atomic E-state index is 0.120. The summed E-state index contributed by atoms with van der Waals surface area (Å²) >= 11 is 12.2. The second-order valence-corrected chi connectivity index (χ2v) is 8.36. The number of aliphatic imine (C=N–C) groups is 1. The molecule has 0 atom stereocenters. The number of hydrogen-bond donors (Lipinski definition) is 1. The molecule has 1 N–H and O–H groups in total. The normalized spacial score (nSPS) is 18.8. The predicted molar refractivity (Wildman–Crippen MR) is 118 cm³/mol. The maximum absolute atomic E-state index is 12.7. The van der Waals surface area contributed by atoms with Crippen LogP contribution in [0.2, 0.25) is 10.0 Å². The Bertz CT molecular complexity index is 715. The molecule has 1 aromatic rings. The van der Waals surface area contributed by atoms with Crippen LogP contribution < -0.4 is 5.32 Å². The van der Waals surface area contributed by atoms with E-state index in [2.05, 4.69) is 15.2 Å². The standard InChI is InChI=1S/C21H30Cl2N4O2/c1-24-21(25-8-2-3-16-4-5-18(22)15-19(16)23)27-9-6-17(7-10-27)20(28)26-11-13-29-14-12-26/h4-5,15,17H,2-3,6-14H2,1H3,(H,24,25). The summed E-state index contributed by atoms with van der Waals surface area (Å²) in [4.78, 5) is 21.3. The molecule has 29 heavy (non-hydrogen) atoms. The van der Waals surface area contributed by atoms with E-state index in [1.807, 2.05) is 24.1 Å². The zero-order valence-electron chi connectivity index (χ0n) is 17.0. The first-order valence-corrected chi connectivity index (χ1v) is 11.1. The highest BCUT2D eigenvalue weighted by Crippen LogP contribution is 2.22. The van der Waals surface area contributed by atoms with Gasteiger partial charge in [0.25, 0.3) is 0 Å². The molecule has 160 valence electrons. The number of nitrogens with one attached hydrogen (secondary N) is 1. The van der Waals surface area contributed by atoms with Crippen molar-refractivity contribution < 1.29 is 9.53 Å². The van der Waals surface area contributed by atoms with E-state index in [1.165, 1.54) is 0 Å². The summed E-state index contributed by atoms with van der Waals surface area (Å²) < 4.78 is 5.35. The Hall–Kier alpha value is -1.50. The van der Waals surface area contributed by atoms with Gasteiger partial charge in [-0.3, -0.25) is 9.79 Å². The van der Waals surface area contributed by atoms with Crippen molar-refractivity contribution in [2.75, 3.05) is 53.0 Å². The predicted octanol–water partition coefficient (Wildman–Crippen LogP) is 3.07. The SMILES string of the molecule is CN=C(NCCCc1ccc(Cl)cc1Cl)N1CCC(C(=O)N2CCOCC2)CC1. The number of hydrogen-bond acceptors (Lipinski definition) is 3. The van der Waals surface area contributed by atoms with Gasteiger partial charge in [0.15, 0.2) is 5.96 Å². The average molecular weight is 441 g/mol. The van der Waals surface area contributed by atoms with Crippen molar-refractivity contribution in [3.05, 3.63) is 33.8 Å². The molecule has 2 aliphatic rings. The van der Waals surface area contributed by atoms with Crippen LogP contribution in [-0.2, 0) is 16.0 Å². The molecule has 3 rings (SSSR count). The minimum atomic E-state index is 0.120. The number of morpholine rings is 1. The molecule has 6 nitrogen and oxygen atoms in total. The van der Waals surface area contributed by atoms with Gasteiger partial charge in [-0.25, -0.2) is 0 Å². The summed E-state index contributed by atoms with van der Waals surface area (Å²) in [6.45, 7) is 5.27. The average Bonchev–Trinajstić information content (AvgIpc) is 2.75. The smallest absolute Gasteiger partial charge is 0.225 e. The number of ether oxygens (including phenoxy) is 1. The summed E-state index contributed by atoms with van der Waals surface area (Å²) in [5, 5.41) is 4.82. The summed E-state index contributed by atoms with van der Waals surface area (Å²) in [5.74, 6) is 1.31. The first-order chi connectivity index (χ1) is 14.1. The van der Waals surface area contributed by atoms with Gasteiger partial charge in [-0.1, -0.05) is 29.3 Å². The molecule has 2 heterocycles. The van der Waals surface area contributed by atoms with Crippen molar-refractivity contribution in [3.63, 3.8) is 0 Å². The van der Waals surface area contributed by atoms with Crippen molar-refractivity contribution in [2.24, 2.45) is 10.9 Å². The van der Waals surface area contributed by atoms with Crippen LogP contribution in [0.4, 0.5) is 0 Å². The fraction of sp³-hybridized carbons (Fsp3) is 0.619. The highest BCUT2D eigenvalue weighted by atomic mass is 35.5. The van der Waals surface area contributed by atoms with Crippen LogP contribution >= 0.6 is 23.2 Å². The van der Waals surface area contributed by atoms with Crippen molar-refractivity contribution >= 4 is 35.1 Å². The zero-order valence-corrected chi connectivity index (χ0v) is 18.5. The Kier molecular flexibility index (Phi) is 8.45. The highest BCUT2D eigenvalue weighted by Gasteiger charge is 2.30. The number of piperidine rings is 1. The Morgan fingerprint density at radius 3 is 2.55 bits per heavy atom. The number of nitrogens with zero attached hydrogens (tertiary/aromatic N) is 3. The van der Waals surface area contributed by atoms with Crippen LogP contribution in [0.15, 0.2) is 23.2 Å². The number of amides is 1. The largest absolute Gasteiger partial charge is 0.378 e. The molecule has 0 saturated carbocycles. The number of benzene rings is 1. The lowest BCUT2D eigenvalue weighted by Crippen LogP contribution is -2.50.